The second-order valence-electron chi connectivity index (χ2n) is 5.15. The smallest absolute Gasteiger partial charge is 0.254 e. The third-order valence-corrected chi connectivity index (χ3v) is 4.57. The van der Waals surface area contributed by atoms with E-state index in [2.05, 4.69) is 0 Å². The summed E-state index contributed by atoms with van der Waals surface area (Å²) in [5, 5.41) is 0. The number of benzene rings is 2. The fourth-order valence-corrected chi connectivity index (χ4v) is 2.77. The molecule has 23 heavy (non-hydrogen) atoms. The summed E-state index contributed by atoms with van der Waals surface area (Å²) < 4.78 is 16.6. The van der Waals surface area contributed by atoms with E-state index in [1.165, 1.54) is 0 Å². The first-order valence-corrected chi connectivity index (χ1v) is 8.96. The third kappa shape index (κ3) is 4.42. The zero-order valence-corrected chi connectivity index (χ0v) is 14.4. The van der Waals surface area contributed by atoms with Crippen molar-refractivity contribution in [1.29, 1.82) is 0 Å². The highest BCUT2D eigenvalue weighted by Gasteiger charge is 2.14. The van der Waals surface area contributed by atoms with E-state index < -0.39 is 10.8 Å². The van der Waals surface area contributed by atoms with Gasteiger partial charge in [-0.05, 0) is 48.9 Å². The summed E-state index contributed by atoms with van der Waals surface area (Å²) >= 11 is 0. The van der Waals surface area contributed by atoms with Crippen molar-refractivity contribution in [2.45, 2.75) is 18.4 Å². The summed E-state index contributed by atoms with van der Waals surface area (Å²) in [6.07, 6.45) is 1.62. The fourth-order valence-electron chi connectivity index (χ4n) is 2.25. The summed E-state index contributed by atoms with van der Waals surface area (Å²) in [6.45, 7) is 3.12. The van der Waals surface area contributed by atoms with E-state index in [4.69, 9.17) is 4.74 Å². The van der Waals surface area contributed by atoms with Gasteiger partial charge in [-0.1, -0.05) is 12.1 Å². The van der Waals surface area contributed by atoms with Gasteiger partial charge >= 0.3 is 0 Å². The molecular formula is C18H21NO3S. The highest BCUT2D eigenvalue weighted by Crippen LogP contribution is 2.15. The van der Waals surface area contributed by atoms with Crippen LogP contribution in [0.25, 0.3) is 0 Å². The van der Waals surface area contributed by atoms with Crippen molar-refractivity contribution < 1.29 is 13.7 Å². The van der Waals surface area contributed by atoms with Gasteiger partial charge < -0.3 is 9.64 Å². The second kappa shape index (κ2) is 7.92. The Balaban J connectivity index is 2.12. The van der Waals surface area contributed by atoms with E-state index in [0.717, 1.165) is 16.2 Å². The molecule has 2 aromatic carbocycles. The van der Waals surface area contributed by atoms with Gasteiger partial charge in [-0.25, -0.2) is 0 Å². The number of hydrogen-bond donors (Lipinski definition) is 0. The topological polar surface area (TPSA) is 46.6 Å². The molecule has 0 saturated heterocycles. The van der Waals surface area contributed by atoms with Gasteiger partial charge in [-0.2, -0.15) is 0 Å². The van der Waals surface area contributed by atoms with Crippen molar-refractivity contribution in [3.8, 4) is 5.75 Å². The van der Waals surface area contributed by atoms with Gasteiger partial charge in [0.2, 0.25) is 0 Å². The van der Waals surface area contributed by atoms with Crippen molar-refractivity contribution in [3.63, 3.8) is 0 Å². The Morgan fingerprint density at radius 2 is 1.70 bits per heavy atom. The number of amides is 1. The van der Waals surface area contributed by atoms with Crippen LogP contribution in [-0.2, 0) is 17.3 Å². The number of nitrogens with zero attached hydrogens (tertiary/aromatic N) is 1. The number of carbonyl (C=O) groups is 1. The molecule has 0 radical (unpaired) electrons. The highest BCUT2D eigenvalue weighted by atomic mass is 32.2. The van der Waals surface area contributed by atoms with Gasteiger partial charge in [0.05, 0.1) is 7.11 Å². The van der Waals surface area contributed by atoms with Crippen molar-refractivity contribution in [2.75, 3.05) is 19.9 Å². The second-order valence-corrected chi connectivity index (χ2v) is 6.53. The zero-order chi connectivity index (χ0) is 16.8. The lowest BCUT2D eigenvalue weighted by molar-refractivity contribution is 0.0752. The van der Waals surface area contributed by atoms with Crippen LogP contribution in [0.2, 0.25) is 0 Å². The lowest BCUT2D eigenvalue weighted by Crippen LogP contribution is -2.30. The Bertz CT molecular complexity index is 680. The van der Waals surface area contributed by atoms with Gasteiger partial charge in [-0.15, -0.1) is 0 Å². The maximum Gasteiger partial charge on any atom is 0.254 e. The molecule has 1 atom stereocenters. The summed E-state index contributed by atoms with van der Waals surface area (Å²) in [5.41, 5.74) is 1.65. The third-order valence-electron chi connectivity index (χ3n) is 3.63. The van der Waals surface area contributed by atoms with Crippen molar-refractivity contribution >= 4 is 16.7 Å². The average molecular weight is 331 g/mol. The van der Waals surface area contributed by atoms with E-state index in [1.54, 1.807) is 42.5 Å². The zero-order valence-electron chi connectivity index (χ0n) is 13.6. The number of methoxy groups -OCH3 is 1. The van der Waals surface area contributed by atoms with Crippen LogP contribution in [0, 0.1) is 0 Å². The van der Waals surface area contributed by atoms with Crippen LogP contribution in [0.1, 0.15) is 22.8 Å². The molecule has 0 aliphatic rings. The number of hydrogen-bond acceptors (Lipinski definition) is 3. The predicted octanol–water partition coefficient (Wildman–Crippen LogP) is 3.09. The standard InChI is InChI=1S/C18H21NO3S/c1-4-19(13-14-5-9-16(22-2)10-6-14)18(20)15-7-11-17(12-8-15)23(3)21/h5-12H,4,13H2,1-3H3. The maximum atomic E-state index is 12.6. The first-order valence-electron chi connectivity index (χ1n) is 7.40. The Morgan fingerprint density at radius 1 is 1.09 bits per heavy atom. The van der Waals surface area contributed by atoms with Gasteiger partial charge in [0, 0.05) is 40.6 Å². The molecule has 2 aromatic rings. The molecule has 0 spiro atoms. The van der Waals surface area contributed by atoms with Crippen molar-refractivity contribution in [1.82, 2.24) is 4.90 Å². The molecule has 0 saturated carbocycles. The van der Waals surface area contributed by atoms with E-state index in [9.17, 15) is 9.00 Å². The monoisotopic (exact) mass is 331 g/mol. The van der Waals surface area contributed by atoms with Crippen LogP contribution >= 0.6 is 0 Å². The summed E-state index contributed by atoms with van der Waals surface area (Å²) in [6, 6.07) is 14.6. The maximum absolute atomic E-state index is 12.6. The predicted molar refractivity (Wildman–Crippen MR) is 92.2 cm³/mol. The minimum atomic E-state index is -1.03. The molecule has 0 bridgehead atoms. The Kier molecular flexibility index (Phi) is 5.93. The SMILES string of the molecule is CCN(Cc1ccc(OC)cc1)C(=O)c1ccc(S(C)=O)cc1. The van der Waals surface area contributed by atoms with Crippen molar-refractivity contribution in [2.24, 2.45) is 0 Å². The van der Waals surface area contributed by atoms with Gasteiger partial charge in [0.25, 0.3) is 5.91 Å². The largest absolute Gasteiger partial charge is 0.497 e. The van der Waals surface area contributed by atoms with Crippen LogP contribution in [-0.4, -0.2) is 34.9 Å². The minimum absolute atomic E-state index is 0.0308. The van der Waals surface area contributed by atoms with Crippen LogP contribution in [0.5, 0.6) is 5.75 Å². The normalized spacial score (nSPS) is 11.8. The quantitative estimate of drug-likeness (QED) is 0.817. The van der Waals surface area contributed by atoms with Crippen LogP contribution in [0.4, 0.5) is 0 Å². The summed E-state index contributed by atoms with van der Waals surface area (Å²) in [7, 11) is 0.594. The Morgan fingerprint density at radius 3 is 2.17 bits per heavy atom. The summed E-state index contributed by atoms with van der Waals surface area (Å²) in [5.74, 6) is 0.767. The van der Waals surface area contributed by atoms with Crippen LogP contribution < -0.4 is 4.74 Å². The number of rotatable bonds is 6. The van der Waals surface area contributed by atoms with Crippen molar-refractivity contribution in [3.05, 3.63) is 59.7 Å². The molecule has 1 unspecified atom stereocenters. The van der Waals surface area contributed by atoms with Crippen LogP contribution in [0.3, 0.4) is 0 Å². The molecule has 1 amide bonds. The summed E-state index contributed by atoms with van der Waals surface area (Å²) in [4.78, 5) is 15.1. The molecule has 2 rings (SSSR count). The molecule has 0 heterocycles. The molecule has 0 fully saturated rings. The molecule has 122 valence electrons. The molecule has 0 aliphatic heterocycles. The van der Waals surface area contributed by atoms with Gasteiger partial charge in [0.1, 0.15) is 5.75 Å². The van der Waals surface area contributed by atoms with E-state index in [0.29, 0.717) is 18.7 Å². The van der Waals surface area contributed by atoms with Gasteiger partial charge in [0.15, 0.2) is 0 Å². The van der Waals surface area contributed by atoms with Gasteiger partial charge in [-0.3, -0.25) is 9.00 Å². The minimum Gasteiger partial charge on any atom is -0.497 e. The molecule has 0 aliphatic carbocycles. The number of ether oxygens (including phenoxy) is 1. The first-order chi connectivity index (χ1) is 11.0. The molecule has 5 heteroatoms. The number of carbonyl (C=O) groups excluding carboxylic acids is 1. The van der Waals surface area contributed by atoms with E-state index >= 15 is 0 Å². The lowest BCUT2D eigenvalue weighted by atomic mass is 10.1. The first kappa shape index (κ1) is 17.2. The molecule has 0 aromatic heterocycles. The molecule has 0 N–H and O–H groups in total. The Hall–Kier alpha value is -2.14. The fraction of sp³-hybridized carbons (Fsp3) is 0.278. The average Bonchev–Trinajstić information content (AvgIpc) is 2.59. The molecule has 4 nitrogen and oxygen atoms in total. The molecular weight excluding hydrogens is 310 g/mol. The lowest BCUT2D eigenvalue weighted by Gasteiger charge is -2.21. The highest BCUT2D eigenvalue weighted by molar-refractivity contribution is 7.84. The van der Waals surface area contributed by atoms with Crippen LogP contribution in [0.15, 0.2) is 53.4 Å². The Labute approximate surface area is 139 Å². The van der Waals surface area contributed by atoms with E-state index in [-0.39, 0.29) is 5.91 Å². The van der Waals surface area contributed by atoms with E-state index in [1.807, 2.05) is 31.2 Å².